The van der Waals surface area contributed by atoms with Gasteiger partial charge in [0.15, 0.2) is 10.9 Å². The molecule has 0 radical (unpaired) electrons. The lowest BCUT2D eigenvalue weighted by Crippen LogP contribution is -2.23. The molecule has 7 nitrogen and oxygen atoms in total. The molecule has 3 aromatic carbocycles. The number of nitrogens with zero attached hydrogens (tertiary/aromatic N) is 2. The van der Waals surface area contributed by atoms with Crippen molar-refractivity contribution in [2.75, 3.05) is 17.7 Å². The molecule has 0 saturated heterocycles. The summed E-state index contributed by atoms with van der Waals surface area (Å²) in [4.78, 5) is 42.2. The molecule has 1 aromatic heterocycles. The van der Waals surface area contributed by atoms with Crippen molar-refractivity contribution in [1.29, 1.82) is 0 Å². The molecule has 1 amide bonds. The Kier molecular flexibility index (Phi) is 7.08. The highest BCUT2D eigenvalue weighted by atomic mass is 32.2. The monoisotopic (exact) mass is 473 g/mol. The van der Waals surface area contributed by atoms with Gasteiger partial charge < -0.3 is 10.1 Å². The number of thioether (sulfide) groups is 1. The van der Waals surface area contributed by atoms with Crippen LogP contribution in [0.5, 0.6) is 5.75 Å². The van der Waals surface area contributed by atoms with Gasteiger partial charge in [0.25, 0.3) is 5.56 Å². The number of carbonyl (C=O) groups is 2. The number of anilines is 1. The molecular formula is C26H23N3O4S. The second-order valence-electron chi connectivity index (χ2n) is 7.42. The summed E-state index contributed by atoms with van der Waals surface area (Å²) < 4.78 is 7.26. The number of Topliss-reactive ketones (excluding diaryl/α,β-unsaturated/α-hetero) is 1. The maximum atomic E-state index is 13.5. The van der Waals surface area contributed by atoms with E-state index in [2.05, 4.69) is 5.32 Å². The predicted molar refractivity (Wildman–Crippen MR) is 134 cm³/mol. The molecule has 1 heterocycles. The third-order valence-electron chi connectivity index (χ3n) is 5.01. The molecule has 34 heavy (non-hydrogen) atoms. The number of rotatable bonds is 8. The fraction of sp³-hybridized carbons (Fsp3) is 0.154. The molecule has 0 saturated carbocycles. The number of hydrogen-bond donors (Lipinski definition) is 1. The molecule has 4 aromatic rings. The topological polar surface area (TPSA) is 90.3 Å². The lowest BCUT2D eigenvalue weighted by molar-refractivity contribution is -0.114. The zero-order valence-corrected chi connectivity index (χ0v) is 19.6. The number of benzene rings is 3. The van der Waals surface area contributed by atoms with Crippen LogP contribution in [0.4, 0.5) is 5.69 Å². The van der Waals surface area contributed by atoms with Crippen molar-refractivity contribution < 1.29 is 14.3 Å². The minimum Gasteiger partial charge on any atom is -0.492 e. The van der Waals surface area contributed by atoms with E-state index >= 15 is 0 Å². The summed E-state index contributed by atoms with van der Waals surface area (Å²) in [7, 11) is 0. The average molecular weight is 474 g/mol. The van der Waals surface area contributed by atoms with Gasteiger partial charge in [0.1, 0.15) is 5.75 Å². The summed E-state index contributed by atoms with van der Waals surface area (Å²) in [6.45, 7) is 3.75. The van der Waals surface area contributed by atoms with Crippen molar-refractivity contribution in [3.8, 4) is 11.4 Å². The first-order valence-corrected chi connectivity index (χ1v) is 11.7. The van der Waals surface area contributed by atoms with Gasteiger partial charge >= 0.3 is 0 Å². The summed E-state index contributed by atoms with van der Waals surface area (Å²) in [5, 5.41) is 3.56. The van der Waals surface area contributed by atoms with Crippen LogP contribution in [0.1, 0.15) is 24.2 Å². The Hall–Kier alpha value is -3.91. The van der Waals surface area contributed by atoms with Crippen LogP contribution in [0.25, 0.3) is 16.6 Å². The molecule has 0 unspecified atom stereocenters. The maximum Gasteiger partial charge on any atom is 0.266 e. The van der Waals surface area contributed by atoms with Crippen LogP contribution in [0.2, 0.25) is 0 Å². The van der Waals surface area contributed by atoms with Gasteiger partial charge in [-0.2, -0.15) is 0 Å². The second kappa shape index (κ2) is 10.4. The van der Waals surface area contributed by atoms with Gasteiger partial charge in [0, 0.05) is 18.2 Å². The molecule has 0 aliphatic heterocycles. The standard InChI is InChI=1S/C26H23N3O4S/c1-3-33-24-11-7-6-10-22(24)29-25(32)20-8-4-5-9-21(20)28-26(29)34-16-23(31)18-12-14-19(15-13-18)27-17(2)30/h4-15H,3,16H2,1-2H3,(H,27,30). The molecule has 8 heteroatoms. The lowest BCUT2D eigenvalue weighted by Gasteiger charge is -2.16. The Morgan fingerprint density at radius 1 is 1.00 bits per heavy atom. The van der Waals surface area contributed by atoms with Gasteiger partial charge in [0.05, 0.1) is 29.0 Å². The van der Waals surface area contributed by atoms with Crippen molar-refractivity contribution in [2.45, 2.75) is 19.0 Å². The fourth-order valence-electron chi connectivity index (χ4n) is 3.50. The van der Waals surface area contributed by atoms with Crippen molar-refractivity contribution in [2.24, 2.45) is 0 Å². The molecule has 4 rings (SSSR count). The van der Waals surface area contributed by atoms with Crippen LogP contribution in [0, 0.1) is 0 Å². The van der Waals surface area contributed by atoms with E-state index in [0.29, 0.717) is 45.4 Å². The van der Waals surface area contributed by atoms with Gasteiger partial charge in [-0.1, -0.05) is 36.0 Å². The SMILES string of the molecule is CCOc1ccccc1-n1c(SCC(=O)c2ccc(NC(C)=O)cc2)nc2ccccc2c1=O. The number of ether oxygens (including phenoxy) is 1. The number of hydrogen-bond acceptors (Lipinski definition) is 6. The number of nitrogens with one attached hydrogen (secondary N) is 1. The van der Waals surface area contributed by atoms with Gasteiger partial charge in [-0.25, -0.2) is 4.98 Å². The Morgan fingerprint density at radius 3 is 2.44 bits per heavy atom. The smallest absolute Gasteiger partial charge is 0.266 e. The van der Waals surface area contributed by atoms with Crippen LogP contribution in [0.3, 0.4) is 0 Å². The quantitative estimate of drug-likeness (QED) is 0.226. The average Bonchev–Trinajstić information content (AvgIpc) is 2.83. The molecule has 0 spiro atoms. The molecule has 1 N–H and O–H groups in total. The minimum absolute atomic E-state index is 0.0844. The van der Waals surface area contributed by atoms with Gasteiger partial charge in [-0.15, -0.1) is 0 Å². The second-order valence-corrected chi connectivity index (χ2v) is 8.37. The first kappa shape index (κ1) is 23.3. The minimum atomic E-state index is -0.229. The zero-order valence-electron chi connectivity index (χ0n) is 18.8. The number of carbonyl (C=O) groups excluding carboxylic acids is 2. The summed E-state index contributed by atoms with van der Waals surface area (Å²) in [6.07, 6.45) is 0. The van der Waals surface area contributed by atoms with E-state index in [-0.39, 0.29) is 23.0 Å². The highest BCUT2D eigenvalue weighted by Crippen LogP contribution is 2.28. The van der Waals surface area contributed by atoms with Crippen molar-refractivity contribution in [1.82, 2.24) is 9.55 Å². The predicted octanol–water partition coefficient (Wildman–Crippen LogP) is 4.72. The van der Waals surface area contributed by atoms with Crippen LogP contribution in [0.15, 0.2) is 82.7 Å². The lowest BCUT2D eigenvalue weighted by atomic mass is 10.1. The van der Waals surface area contributed by atoms with Crippen molar-refractivity contribution in [3.05, 3.63) is 88.7 Å². The largest absolute Gasteiger partial charge is 0.492 e. The molecule has 0 bridgehead atoms. The number of para-hydroxylation sites is 3. The third-order valence-corrected chi connectivity index (χ3v) is 5.95. The van der Waals surface area contributed by atoms with E-state index in [1.54, 1.807) is 54.6 Å². The Balaban J connectivity index is 1.70. The molecule has 172 valence electrons. The highest BCUT2D eigenvalue weighted by molar-refractivity contribution is 7.99. The van der Waals surface area contributed by atoms with E-state index in [0.717, 1.165) is 0 Å². The van der Waals surface area contributed by atoms with Crippen molar-refractivity contribution >= 4 is 40.0 Å². The Bertz CT molecular complexity index is 1410. The normalized spacial score (nSPS) is 10.8. The number of ketones is 1. The number of amides is 1. The highest BCUT2D eigenvalue weighted by Gasteiger charge is 2.18. The Labute approximate surface area is 200 Å². The number of fused-ring (bicyclic) bond motifs is 1. The molecular weight excluding hydrogens is 450 g/mol. The van der Waals surface area contributed by atoms with Gasteiger partial charge in [0.2, 0.25) is 5.91 Å². The van der Waals surface area contributed by atoms with Crippen LogP contribution < -0.4 is 15.6 Å². The van der Waals surface area contributed by atoms with E-state index in [1.807, 2.05) is 25.1 Å². The molecule has 0 fully saturated rings. The fourth-order valence-corrected chi connectivity index (χ4v) is 4.40. The first-order valence-electron chi connectivity index (χ1n) is 10.8. The zero-order chi connectivity index (χ0) is 24.1. The summed E-state index contributed by atoms with van der Waals surface area (Å²) >= 11 is 1.19. The third kappa shape index (κ3) is 5.02. The Morgan fingerprint density at radius 2 is 1.71 bits per heavy atom. The molecule has 0 aliphatic carbocycles. The van der Waals surface area contributed by atoms with Gasteiger partial charge in [-0.3, -0.25) is 19.0 Å². The summed E-state index contributed by atoms with van der Waals surface area (Å²) in [5.74, 6) is 0.348. The van der Waals surface area contributed by atoms with E-state index < -0.39 is 0 Å². The van der Waals surface area contributed by atoms with Crippen LogP contribution in [-0.4, -0.2) is 33.6 Å². The van der Waals surface area contributed by atoms with Crippen LogP contribution >= 0.6 is 11.8 Å². The molecule has 0 atom stereocenters. The first-order chi connectivity index (χ1) is 16.5. The summed E-state index contributed by atoms with van der Waals surface area (Å²) in [5.41, 5.74) is 2.03. The van der Waals surface area contributed by atoms with E-state index in [4.69, 9.17) is 9.72 Å². The van der Waals surface area contributed by atoms with E-state index in [1.165, 1.54) is 23.3 Å². The molecule has 0 aliphatic rings. The number of aromatic nitrogens is 2. The van der Waals surface area contributed by atoms with Crippen molar-refractivity contribution in [3.63, 3.8) is 0 Å². The van der Waals surface area contributed by atoms with Gasteiger partial charge in [-0.05, 0) is 55.5 Å². The summed E-state index contributed by atoms with van der Waals surface area (Å²) in [6, 6.07) is 21.1. The maximum absolute atomic E-state index is 13.5. The van der Waals surface area contributed by atoms with Crippen LogP contribution in [-0.2, 0) is 4.79 Å². The van der Waals surface area contributed by atoms with E-state index in [9.17, 15) is 14.4 Å².